The lowest BCUT2D eigenvalue weighted by Gasteiger charge is -2.06. The monoisotopic (exact) mass is 322 g/mol. The highest BCUT2D eigenvalue weighted by atomic mass is 127. The van der Waals surface area contributed by atoms with E-state index >= 15 is 0 Å². The first-order valence-corrected chi connectivity index (χ1v) is 5.66. The number of aromatic nitrogens is 1. The normalized spacial score (nSPS) is 9.50. The molecule has 0 atom stereocenters. The Bertz CT molecular complexity index is 531. The molecule has 2 rings (SSSR count). The van der Waals surface area contributed by atoms with Crippen LogP contribution >= 0.6 is 22.6 Å². The molecular weight excluding hydrogens is 315 g/mol. The van der Waals surface area contributed by atoms with Crippen LogP contribution in [0.1, 0.15) is 5.69 Å². The van der Waals surface area contributed by atoms with Crippen molar-refractivity contribution in [2.24, 2.45) is 0 Å². The van der Waals surface area contributed by atoms with Crippen LogP contribution in [-0.2, 0) is 0 Å². The minimum Gasteiger partial charge on any atom is -0.455 e. The molecule has 1 heterocycles. The van der Waals surface area contributed by atoms with Gasteiger partial charge in [0, 0.05) is 0 Å². The van der Waals surface area contributed by atoms with E-state index in [9.17, 15) is 0 Å². The summed E-state index contributed by atoms with van der Waals surface area (Å²) in [6.45, 7) is 0. The molecule has 0 saturated carbocycles. The molecule has 1 aromatic carbocycles. The quantitative estimate of drug-likeness (QED) is 0.797. The van der Waals surface area contributed by atoms with E-state index in [2.05, 4.69) is 27.6 Å². The molecule has 0 fully saturated rings. The molecule has 0 radical (unpaired) electrons. The number of hydrogen-bond donors (Lipinski definition) is 0. The van der Waals surface area contributed by atoms with Gasteiger partial charge < -0.3 is 4.74 Å². The average molecular weight is 322 g/mol. The molecule has 2 aromatic rings. The van der Waals surface area contributed by atoms with Crippen LogP contribution < -0.4 is 4.74 Å². The average Bonchev–Trinajstić information content (AvgIpc) is 2.33. The predicted octanol–water partition coefficient (Wildman–Crippen LogP) is 3.35. The van der Waals surface area contributed by atoms with Crippen LogP contribution in [0.15, 0.2) is 42.6 Å². The number of nitrogens with zero attached hydrogens (tertiary/aromatic N) is 2. The molecule has 0 aliphatic rings. The van der Waals surface area contributed by atoms with Crippen molar-refractivity contribution in [3.63, 3.8) is 0 Å². The summed E-state index contributed by atoms with van der Waals surface area (Å²) in [5.41, 5.74) is 0.384. The van der Waals surface area contributed by atoms with Gasteiger partial charge in [-0.2, -0.15) is 5.26 Å². The Morgan fingerprint density at radius 2 is 2.00 bits per heavy atom. The van der Waals surface area contributed by atoms with Gasteiger partial charge >= 0.3 is 0 Å². The smallest absolute Gasteiger partial charge is 0.145 e. The summed E-state index contributed by atoms with van der Waals surface area (Å²) in [5.74, 6) is 1.41. The van der Waals surface area contributed by atoms with E-state index in [-0.39, 0.29) is 0 Å². The van der Waals surface area contributed by atoms with E-state index in [1.165, 1.54) is 0 Å². The summed E-state index contributed by atoms with van der Waals surface area (Å²) < 4.78 is 6.66. The zero-order valence-corrected chi connectivity index (χ0v) is 10.4. The highest BCUT2D eigenvalue weighted by molar-refractivity contribution is 14.1. The molecule has 4 heteroatoms. The SMILES string of the molecule is N#Cc1ccc(Oc2ccccc2I)cn1. The third kappa shape index (κ3) is 2.49. The molecule has 1 aromatic heterocycles. The van der Waals surface area contributed by atoms with Gasteiger partial charge in [0.2, 0.25) is 0 Å². The van der Waals surface area contributed by atoms with Gasteiger partial charge in [-0.1, -0.05) is 12.1 Å². The summed E-state index contributed by atoms with van der Waals surface area (Å²) in [4.78, 5) is 3.93. The van der Waals surface area contributed by atoms with Gasteiger partial charge in [0.25, 0.3) is 0 Å². The maximum Gasteiger partial charge on any atom is 0.145 e. The fraction of sp³-hybridized carbons (Fsp3) is 0. The molecular formula is C12H7IN2O. The van der Waals surface area contributed by atoms with Gasteiger partial charge in [0.05, 0.1) is 9.77 Å². The molecule has 0 spiro atoms. The fourth-order valence-corrected chi connectivity index (χ4v) is 1.66. The lowest BCUT2D eigenvalue weighted by molar-refractivity contribution is 0.477. The van der Waals surface area contributed by atoms with Crippen LogP contribution in [0.4, 0.5) is 0 Å². The summed E-state index contributed by atoms with van der Waals surface area (Å²) in [7, 11) is 0. The van der Waals surface area contributed by atoms with Crippen LogP contribution in [0, 0.1) is 14.9 Å². The van der Waals surface area contributed by atoms with Gasteiger partial charge in [0.1, 0.15) is 23.3 Å². The van der Waals surface area contributed by atoms with Crippen LogP contribution in [0.25, 0.3) is 0 Å². The van der Waals surface area contributed by atoms with Crippen molar-refractivity contribution < 1.29 is 4.74 Å². The molecule has 0 aliphatic carbocycles. The number of para-hydroxylation sites is 1. The highest BCUT2D eigenvalue weighted by Gasteiger charge is 2.01. The third-order valence-electron chi connectivity index (χ3n) is 1.92. The first-order chi connectivity index (χ1) is 7.79. The molecule has 16 heavy (non-hydrogen) atoms. The number of ether oxygens (including phenoxy) is 1. The van der Waals surface area contributed by atoms with Gasteiger partial charge in [-0.05, 0) is 46.9 Å². The Kier molecular flexibility index (Phi) is 3.37. The zero-order valence-electron chi connectivity index (χ0n) is 8.22. The van der Waals surface area contributed by atoms with E-state index in [1.54, 1.807) is 18.3 Å². The van der Waals surface area contributed by atoms with Gasteiger partial charge in [-0.15, -0.1) is 0 Å². The van der Waals surface area contributed by atoms with Crippen molar-refractivity contribution >= 4 is 22.6 Å². The molecule has 0 saturated heterocycles. The third-order valence-corrected chi connectivity index (χ3v) is 2.81. The number of halogens is 1. The maximum absolute atomic E-state index is 8.61. The molecule has 0 aliphatic heterocycles. The number of rotatable bonds is 2. The van der Waals surface area contributed by atoms with Gasteiger partial charge in [0.15, 0.2) is 0 Å². The largest absolute Gasteiger partial charge is 0.455 e. The number of benzene rings is 1. The second-order valence-electron chi connectivity index (χ2n) is 3.02. The van der Waals surface area contributed by atoms with Crippen LogP contribution in [0.5, 0.6) is 11.5 Å². The van der Waals surface area contributed by atoms with E-state index in [0.29, 0.717) is 11.4 Å². The van der Waals surface area contributed by atoms with Crippen molar-refractivity contribution in [3.8, 4) is 17.6 Å². The number of nitriles is 1. The molecule has 78 valence electrons. The molecule has 0 unspecified atom stereocenters. The summed E-state index contributed by atoms with van der Waals surface area (Å²) in [5, 5.41) is 8.61. The second-order valence-corrected chi connectivity index (χ2v) is 4.19. The Morgan fingerprint density at radius 1 is 1.19 bits per heavy atom. The molecule has 0 N–H and O–H groups in total. The van der Waals surface area contributed by atoms with Crippen molar-refractivity contribution in [2.45, 2.75) is 0 Å². The minimum absolute atomic E-state index is 0.384. The van der Waals surface area contributed by atoms with Crippen molar-refractivity contribution in [2.75, 3.05) is 0 Å². The highest BCUT2D eigenvalue weighted by Crippen LogP contribution is 2.25. The Labute approximate surface area is 107 Å². The standard InChI is InChI=1S/C12H7IN2O/c13-11-3-1-2-4-12(11)16-10-6-5-9(7-14)15-8-10/h1-6,8H. The molecule has 3 nitrogen and oxygen atoms in total. The Hall–Kier alpha value is -1.61. The summed E-state index contributed by atoms with van der Waals surface area (Å²) in [6.07, 6.45) is 1.54. The minimum atomic E-state index is 0.384. The van der Waals surface area contributed by atoms with Crippen molar-refractivity contribution in [1.29, 1.82) is 5.26 Å². The molecule has 0 bridgehead atoms. The lowest BCUT2D eigenvalue weighted by Crippen LogP contribution is -1.88. The van der Waals surface area contributed by atoms with Crippen LogP contribution in [-0.4, -0.2) is 4.98 Å². The maximum atomic E-state index is 8.61. The number of pyridine rings is 1. The number of hydrogen-bond acceptors (Lipinski definition) is 3. The summed E-state index contributed by atoms with van der Waals surface area (Å²) >= 11 is 2.20. The van der Waals surface area contributed by atoms with E-state index in [1.807, 2.05) is 30.3 Å². The van der Waals surface area contributed by atoms with Crippen molar-refractivity contribution in [1.82, 2.24) is 4.98 Å². The zero-order chi connectivity index (χ0) is 11.4. The molecule has 0 amide bonds. The van der Waals surface area contributed by atoms with E-state index in [0.717, 1.165) is 9.32 Å². The first-order valence-electron chi connectivity index (χ1n) is 4.58. The van der Waals surface area contributed by atoms with E-state index in [4.69, 9.17) is 10.00 Å². The topological polar surface area (TPSA) is 45.9 Å². The van der Waals surface area contributed by atoms with Crippen LogP contribution in [0.2, 0.25) is 0 Å². The predicted molar refractivity (Wildman–Crippen MR) is 68.2 cm³/mol. The Morgan fingerprint density at radius 3 is 2.62 bits per heavy atom. The second kappa shape index (κ2) is 4.94. The Balaban J connectivity index is 2.22. The van der Waals surface area contributed by atoms with Crippen LogP contribution in [0.3, 0.4) is 0 Å². The van der Waals surface area contributed by atoms with Gasteiger partial charge in [-0.25, -0.2) is 4.98 Å². The fourth-order valence-electron chi connectivity index (χ4n) is 1.16. The van der Waals surface area contributed by atoms with Gasteiger partial charge in [-0.3, -0.25) is 0 Å². The lowest BCUT2D eigenvalue weighted by atomic mass is 10.3. The summed E-state index contributed by atoms with van der Waals surface area (Å²) in [6, 6.07) is 13.0. The van der Waals surface area contributed by atoms with E-state index < -0.39 is 0 Å². The first kappa shape index (κ1) is 10.9. The van der Waals surface area contributed by atoms with Crippen molar-refractivity contribution in [3.05, 3.63) is 51.9 Å².